The van der Waals surface area contributed by atoms with Gasteiger partial charge in [-0.1, -0.05) is 0 Å². The van der Waals surface area contributed by atoms with E-state index in [0.717, 1.165) is 0 Å². The first-order chi connectivity index (χ1) is 2.27. The Morgan fingerprint density at radius 1 is 1.38 bits per heavy atom. The van der Waals surface area contributed by atoms with E-state index in [4.69, 9.17) is 10.2 Å². The van der Waals surface area contributed by atoms with Gasteiger partial charge in [0.25, 0.3) is 0 Å². The van der Waals surface area contributed by atoms with Crippen LogP contribution in [0.4, 0.5) is 0 Å². The molecule has 2 nitrogen and oxygen atoms in total. The van der Waals surface area contributed by atoms with E-state index in [9.17, 15) is 0 Å². The SMILES string of the molecule is CC(O)CO.[CaH2].[NaH].[NaH]. The second-order valence-electron chi connectivity index (χ2n) is 1.03. The van der Waals surface area contributed by atoms with Crippen molar-refractivity contribution in [1.82, 2.24) is 0 Å². The zero-order valence-electron chi connectivity index (χ0n) is 3.18. The Hall–Kier alpha value is 3.18. The maximum absolute atomic E-state index is 8.11. The van der Waals surface area contributed by atoms with Crippen molar-refractivity contribution < 1.29 is 10.2 Å². The van der Waals surface area contributed by atoms with E-state index in [-0.39, 0.29) is 103 Å². The number of hydrogen-bond acceptors (Lipinski definition) is 2. The monoisotopic (exact) mass is 166 g/mol. The van der Waals surface area contributed by atoms with Crippen molar-refractivity contribution in [3.63, 3.8) is 0 Å². The van der Waals surface area contributed by atoms with Crippen molar-refractivity contribution in [3.05, 3.63) is 0 Å². The molecule has 1 unspecified atom stereocenters. The molecule has 0 bridgehead atoms. The van der Waals surface area contributed by atoms with Crippen molar-refractivity contribution in [2.45, 2.75) is 13.0 Å². The second kappa shape index (κ2) is 16.6. The van der Waals surface area contributed by atoms with Crippen molar-refractivity contribution in [2.24, 2.45) is 0 Å². The van der Waals surface area contributed by atoms with Crippen LogP contribution in [0, 0.1) is 0 Å². The summed E-state index contributed by atoms with van der Waals surface area (Å²) in [6.07, 6.45) is -0.560. The predicted octanol–water partition coefficient (Wildman–Crippen LogP) is -2.85. The normalized spacial score (nSPS) is 9.38. The van der Waals surface area contributed by atoms with Crippen molar-refractivity contribution >= 4 is 96.9 Å². The molecule has 0 saturated heterocycles. The molecule has 40 valence electrons. The molecule has 0 aromatic heterocycles. The zero-order valence-corrected chi connectivity index (χ0v) is 3.18. The Balaban J connectivity index is -0.0000000267. The summed E-state index contributed by atoms with van der Waals surface area (Å²) in [5.41, 5.74) is 0. The molecular formula is C3H12CaNa2O2. The molecule has 0 heterocycles. The molecule has 0 amide bonds. The van der Waals surface area contributed by atoms with Crippen molar-refractivity contribution in [1.29, 1.82) is 0 Å². The molecule has 0 aromatic rings. The van der Waals surface area contributed by atoms with Crippen LogP contribution in [-0.2, 0) is 0 Å². The van der Waals surface area contributed by atoms with E-state index in [1.54, 1.807) is 0 Å². The first kappa shape index (κ1) is 22.5. The van der Waals surface area contributed by atoms with Crippen LogP contribution in [0.25, 0.3) is 0 Å². The third-order valence-corrected chi connectivity index (χ3v) is 0.264. The molecule has 1 atom stereocenters. The Labute approximate surface area is 124 Å². The van der Waals surface area contributed by atoms with Gasteiger partial charge in [-0.25, -0.2) is 0 Å². The van der Waals surface area contributed by atoms with Gasteiger partial charge in [-0.15, -0.1) is 0 Å². The van der Waals surface area contributed by atoms with Crippen LogP contribution in [0.15, 0.2) is 0 Å². The number of aliphatic hydroxyl groups excluding tert-OH is 2. The van der Waals surface area contributed by atoms with Gasteiger partial charge < -0.3 is 10.2 Å². The van der Waals surface area contributed by atoms with E-state index >= 15 is 0 Å². The number of rotatable bonds is 1. The molecule has 0 aliphatic heterocycles. The van der Waals surface area contributed by atoms with Gasteiger partial charge in [0, 0.05) is 0 Å². The topological polar surface area (TPSA) is 40.5 Å². The van der Waals surface area contributed by atoms with E-state index in [2.05, 4.69) is 0 Å². The fourth-order valence-corrected chi connectivity index (χ4v) is 0. The fraction of sp³-hybridized carbons (Fsp3) is 1.00. The Morgan fingerprint density at radius 3 is 1.50 bits per heavy atom. The summed E-state index contributed by atoms with van der Waals surface area (Å²) in [4.78, 5) is 0. The van der Waals surface area contributed by atoms with Crippen LogP contribution in [0.1, 0.15) is 6.92 Å². The average Bonchev–Trinajstić information content (AvgIpc) is 1.38. The summed E-state index contributed by atoms with van der Waals surface area (Å²) < 4.78 is 0. The number of aliphatic hydroxyl groups is 2. The molecule has 0 fully saturated rings. The Morgan fingerprint density at radius 2 is 1.50 bits per heavy atom. The third kappa shape index (κ3) is 22.9. The summed E-state index contributed by atoms with van der Waals surface area (Å²) >= 11 is 0. The molecule has 0 rings (SSSR count). The summed E-state index contributed by atoms with van der Waals surface area (Å²) in [5.74, 6) is 0. The predicted molar refractivity (Wildman–Crippen MR) is 41.6 cm³/mol. The first-order valence-corrected chi connectivity index (χ1v) is 1.56. The Bertz CT molecular complexity index is 29.2. The molecular weight excluding hydrogens is 154 g/mol. The second-order valence-corrected chi connectivity index (χ2v) is 1.03. The van der Waals surface area contributed by atoms with Gasteiger partial charge in [0.2, 0.25) is 0 Å². The van der Waals surface area contributed by atoms with Crippen LogP contribution in [0.2, 0.25) is 0 Å². The van der Waals surface area contributed by atoms with Gasteiger partial charge in [0.15, 0.2) is 0 Å². The number of hydrogen-bond donors (Lipinski definition) is 2. The van der Waals surface area contributed by atoms with Crippen molar-refractivity contribution in [2.75, 3.05) is 6.61 Å². The van der Waals surface area contributed by atoms with Crippen LogP contribution in [0.5, 0.6) is 0 Å². The molecule has 0 radical (unpaired) electrons. The van der Waals surface area contributed by atoms with Crippen LogP contribution in [0.3, 0.4) is 0 Å². The summed E-state index contributed by atoms with van der Waals surface area (Å²) in [7, 11) is 0. The zero-order chi connectivity index (χ0) is 4.28. The van der Waals surface area contributed by atoms with Crippen LogP contribution < -0.4 is 0 Å². The van der Waals surface area contributed by atoms with Gasteiger partial charge in [0.05, 0.1) is 12.7 Å². The summed E-state index contributed by atoms with van der Waals surface area (Å²) in [5, 5.41) is 16.0. The van der Waals surface area contributed by atoms with Crippen molar-refractivity contribution in [3.8, 4) is 0 Å². The quantitative estimate of drug-likeness (QED) is 0.412. The molecule has 0 spiro atoms. The van der Waals surface area contributed by atoms with Crippen LogP contribution >= 0.6 is 0 Å². The molecule has 2 N–H and O–H groups in total. The van der Waals surface area contributed by atoms with Gasteiger partial charge in [-0.05, 0) is 6.92 Å². The molecule has 0 aliphatic carbocycles. The van der Waals surface area contributed by atoms with E-state index in [1.807, 2.05) is 0 Å². The molecule has 0 aliphatic rings. The minimum atomic E-state index is -0.560. The molecule has 8 heavy (non-hydrogen) atoms. The van der Waals surface area contributed by atoms with E-state index in [0.29, 0.717) is 0 Å². The Kier molecular flexibility index (Phi) is 46.7. The third-order valence-electron chi connectivity index (χ3n) is 0.264. The fourth-order valence-electron chi connectivity index (χ4n) is 0. The summed E-state index contributed by atoms with van der Waals surface area (Å²) in [6.45, 7) is 1.39. The standard InChI is InChI=1S/C3H8O2.Ca.2Na.4H/c1-3(5)2-4;;;;;;;/h3-5H,2H2,1H3;;;;;;;. The minimum absolute atomic E-state index is 0. The van der Waals surface area contributed by atoms with Gasteiger partial charge in [-0.3, -0.25) is 0 Å². The first-order valence-electron chi connectivity index (χ1n) is 1.56. The van der Waals surface area contributed by atoms with Gasteiger partial charge >= 0.3 is 96.9 Å². The van der Waals surface area contributed by atoms with Gasteiger partial charge in [0.1, 0.15) is 0 Å². The maximum atomic E-state index is 8.11. The van der Waals surface area contributed by atoms with Crippen LogP contribution in [-0.4, -0.2) is 120 Å². The van der Waals surface area contributed by atoms with E-state index in [1.165, 1.54) is 6.92 Å². The average molecular weight is 166 g/mol. The molecule has 0 aromatic carbocycles. The van der Waals surface area contributed by atoms with Gasteiger partial charge in [-0.2, -0.15) is 0 Å². The van der Waals surface area contributed by atoms with E-state index < -0.39 is 6.10 Å². The molecule has 0 saturated carbocycles. The molecule has 5 heteroatoms. The summed E-state index contributed by atoms with van der Waals surface area (Å²) in [6, 6.07) is 0.